The molecule has 36 heavy (non-hydrogen) atoms. The quantitative estimate of drug-likeness (QED) is 0.426. The van der Waals surface area contributed by atoms with Crippen LogP contribution >= 0.6 is 0 Å². The van der Waals surface area contributed by atoms with Crippen molar-refractivity contribution < 1.29 is 22.7 Å². The predicted octanol–water partition coefficient (Wildman–Crippen LogP) is 4.04. The highest BCUT2D eigenvalue weighted by molar-refractivity contribution is 5.98. The van der Waals surface area contributed by atoms with Crippen molar-refractivity contribution >= 4 is 11.6 Å². The lowest BCUT2D eigenvalue weighted by Crippen LogP contribution is -2.35. The van der Waals surface area contributed by atoms with E-state index in [1.807, 2.05) is 11.8 Å². The molecule has 186 valence electrons. The highest BCUT2D eigenvalue weighted by Crippen LogP contribution is 2.31. The largest absolute Gasteiger partial charge is 0.416 e. The summed E-state index contributed by atoms with van der Waals surface area (Å²) in [7, 11) is 0. The van der Waals surface area contributed by atoms with Crippen molar-refractivity contribution in [2.24, 2.45) is 0 Å². The molecule has 4 rings (SSSR count). The van der Waals surface area contributed by atoms with Crippen LogP contribution in [0.3, 0.4) is 0 Å². The molecule has 0 saturated carbocycles. The second kappa shape index (κ2) is 10.9. The fourth-order valence-corrected chi connectivity index (χ4v) is 3.93. The molecule has 0 unspecified atom stereocenters. The van der Waals surface area contributed by atoms with Crippen LogP contribution in [0, 0.1) is 18.8 Å². The number of benzene rings is 2. The van der Waals surface area contributed by atoms with Gasteiger partial charge in [0.05, 0.1) is 31.2 Å². The van der Waals surface area contributed by atoms with E-state index in [2.05, 4.69) is 21.8 Å². The predicted molar refractivity (Wildman–Crippen MR) is 129 cm³/mol. The molecule has 0 bridgehead atoms. The molecule has 1 saturated heterocycles. The second-order valence-electron chi connectivity index (χ2n) is 8.63. The Morgan fingerprint density at radius 2 is 1.83 bits per heavy atom. The third-order valence-electron chi connectivity index (χ3n) is 5.79. The zero-order valence-electron chi connectivity index (χ0n) is 19.7. The van der Waals surface area contributed by atoms with Gasteiger partial charge in [-0.15, -0.1) is 0 Å². The minimum atomic E-state index is -4.50. The molecular formula is C27H25F3N4O2. The first kappa shape index (κ1) is 25.4. The Morgan fingerprint density at radius 3 is 2.56 bits per heavy atom. The molecule has 2 aromatic carbocycles. The third kappa shape index (κ3) is 6.68. The Kier molecular flexibility index (Phi) is 7.67. The number of aromatic nitrogens is 2. The number of carbonyl (C=O) groups is 1. The summed E-state index contributed by atoms with van der Waals surface area (Å²) >= 11 is 0. The molecule has 2 heterocycles. The summed E-state index contributed by atoms with van der Waals surface area (Å²) in [6.07, 6.45) is -1.77. The molecule has 0 spiro atoms. The van der Waals surface area contributed by atoms with Gasteiger partial charge in [0.1, 0.15) is 11.5 Å². The van der Waals surface area contributed by atoms with Crippen molar-refractivity contribution in [2.75, 3.05) is 32.0 Å². The SMILES string of the molecule is Cc1ccc(C(=O)Cc2cc(CN3CCOCC3)cc(C(F)(F)F)c2)cc1C#Cc1cncc(N)n1. The second-order valence-corrected chi connectivity index (χ2v) is 8.63. The molecule has 1 aliphatic heterocycles. The lowest BCUT2D eigenvalue weighted by atomic mass is 9.96. The number of halogens is 3. The molecule has 1 fully saturated rings. The van der Waals surface area contributed by atoms with Gasteiger partial charge in [-0.25, -0.2) is 4.98 Å². The number of alkyl halides is 3. The Balaban J connectivity index is 1.57. The van der Waals surface area contributed by atoms with Gasteiger partial charge in [0.15, 0.2) is 5.78 Å². The van der Waals surface area contributed by atoms with Crippen LogP contribution in [0.2, 0.25) is 0 Å². The number of anilines is 1. The number of nitrogen functional groups attached to an aromatic ring is 1. The molecule has 1 aromatic heterocycles. The summed E-state index contributed by atoms with van der Waals surface area (Å²) in [5.41, 5.74) is 7.94. The van der Waals surface area contributed by atoms with Crippen LogP contribution in [0.1, 0.15) is 43.9 Å². The van der Waals surface area contributed by atoms with Gasteiger partial charge in [0.2, 0.25) is 0 Å². The van der Waals surface area contributed by atoms with Crippen molar-refractivity contribution in [2.45, 2.75) is 26.1 Å². The monoisotopic (exact) mass is 494 g/mol. The van der Waals surface area contributed by atoms with E-state index in [-0.39, 0.29) is 18.0 Å². The van der Waals surface area contributed by atoms with Crippen LogP contribution in [0.25, 0.3) is 0 Å². The first-order valence-corrected chi connectivity index (χ1v) is 11.4. The van der Waals surface area contributed by atoms with Crippen LogP contribution in [0.5, 0.6) is 0 Å². The number of rotatable bonds is 5. The van der Waals surface area contributed by atoms with Crippen molar-refractivity contribution in [3.05, 3.63) is 87.9 Å². The smallest absolute Gasteiger partial charge is 0.382 e. The number of ketones is 1. The number of hydrogen-bond donors (Lipinski definition) is 1. The molecule has 0 radical (unpaired) electrons. The van der Waals surface area contributed by atoms with E-state index in [1.165, 1.54) is 12.4 Å². The van der Waals surface area contributed by atoms with Crippen molar-refractivity contribution in [3.63, 3.8) is 0 Å². The van der Waals surface area contributed by atoms with E-state index >= 15 is 0 Å². The first-order valence-electron chi connectivity index (χ1n) is 11.4. The molecule has 9 heteroatoms. The molecule has 0 amide bonds. The van der Waals surface area contributed by atoms with E-state index in [9.17, 15) is 18.0 Å². The van der Waals surface area contributed by atoms with Crippen LogP contribution in [-0.2, 0) is 23.9 Å². The normalized spacial score (nSPS) is 14.2. The van der Waals surface area contributed by atoms with E-state index in [4.69, 9.17) is 10.5 Å². The van der Waals surface area contributed by atoms with Gasteiger partial charge >= 0.3 is 6.18 Å². The summed E-state index contributed by atoms with van der Waals surface area (Å²) in [6.45, 7) is 4.62. The lowest BCUT2D eigenvalue weighted by Gasteiger charge is -2.27. The number of Topliss-reactive ketones (excluding diaryl/α,β-unsaturated/α-hetero) is 1. The first-order chi connectivity index (χ1) is 17.2. The van der Waals surface area contributed by atoms with Crippen LogP contribution < -0.4 is 5.73 Å². The molecular weight excluding hydrogens is 469 g/mol. The number of nitrogens with zero attached hydrogens (tertiary/aromatic N) is 3. The Hall–Kier alpha value is -3.74. The van der Waals surface area contributed by atoms with E-state index in [1.54, 1.807) is 24.3 Å². The van der Waals surface area contributed by atoms with Gasteiger partial charge in [-0.05, 0) is 47.7 Å². The zero-order chi connectivity index (χ0) is 25.7. The zero-order valence-corrected chi connectivity index (χ0v) is 19.7. The Morgan fingerprint density at radius 1 is 1.08 bits per heavy atom. The van der Waals surface area contributed by atoms with Crippen molar-refractivity contribution in [3.8, 4) is 11.8 Å². The minimum absolute atomic E-state index is 0.156. The number of aryl methyl sites for hydroxylation is 1. The summed E-state index contributed by atoms with van der Waals surface area (Å²) in [5, 5.41) is 0. The average molecular weight is 495 g/mol. The van der Waals surface area contributed by atoms with Gasteiger partial charge < -0.3 is 10.5 Å². The highest BCUT2D eigenvalue weighted by atomic mass is 19.4. The molecule has 2 N–H and O–H groups in total. The van der Waals surface area contributed by atoms with Crippen molar-refractivity contribution in [1.82, 2.24) is 14.9 Å². The maximum absolute atomic E-state index is 13.6. The maximum atomic E-state index is 13.6. The molecule has 3 aromatic rings. The lowest BCUT2D eigenvalue weighted by molar-refractivity contribution is -0.137. The van der Waals surface area contributed by atoms with Gasteiger partial charge in [-0.2, -0.15) is 13.2 Å². The topological polar surface area (TPSA) is 81.3 Å². The van der Waals surface area contributed by atoms with Gasteiger partial charge in [-0.3, -0.25) is 14.7 Å². The fraction of sp³-hybridized carbons (Fsp3) is 0.296. The summed E-state index contributed by atoms with van der Waals surface area (Å²) in [5.74, 6) is 5.80. The minimum Gasteiger partial charge on any atom is -0.382 e. The summed E-state index contributed by atoms with van der Waals surface area (Å²) in [6, 6.07) is 8.95. The summed E-state index contributed by atoms with van der Waals surface area (Å²) in [4.78, 5) is 23.1. The highest BCUT2D eigenvalue weighted by Gasteiger charge is 2.31. The Bertz CT molecular complexity index is 1320. The molecule has 0 atom stereocenters. The van der Waals surface area contributed by atoms with E-state index < -0.39 is 11.7 Å². The number of hydrogen-bond acceptors (Lipinski definition) is 6. The molecule has 1 aliphatic rings. The Labute approximate surface area is 207 Å². The summed E-state index contributed by atoms with van der Waals surface area (Å²) < 4.78 is 46.1. The number of ether oxygens (including phenoxy) is 1. The van der Waals surface area contributed by atoms with Crippen LogP contribution in [-0.4, -0.2) is 47.0 Å². The number of morpholine rings is 1. The fourth-order valence-electron chi connectivity index (χ4n) is 3.93. The standard InChI is InChI=1S/C27H25F3N4O2/c1-18-2-3-22(14-21(18)4-5-24-15-32-16-26(31)33-24)25(35)13-19-10-20(12-23(11-19)27(28,29)30)17-34-6-8-36-9-7-34/h2-3,10-12,14-16H,6-9,13,17H2,1H3,(H2,31,33). The number of carbonyl (C=O) groups excluding carboxylic acids is 1. The molecule has 6 nitrogen and oxygen atoms in total. The average Bonchev–Trinajstić information content (AvgIpc) is 2.83. The van der Waals surface area contributed by atoms with Crippen LogP contribution in [0.4, 0.5) is 19.0 Å². The molecule has 0 aliphatic carbocycles. The van der Waals surface area contributed by atoms with E-state index in [0.29, 0.717) is 60.8 Å². The van der Waals surface area contributed by atoms with E-state index in [0.717, 1.165) is 17.7 Å². The van der Waals surface area contributed by atoms with Gasteiger partial charge in [-0.1, -0.05) is 24.1 Å². The third-order valence-corrected chi connectivity index (χ3v) is 5.79. The van der Waals surface area contributed by atoms with Gasteiger partial charge in [0, 0.05) is 37.2 Å². The number of nitrogens with two attached hydrogens (primary N) is 1. The van der Waals surface area contributed by atoms with Crippen molar-refractivity contribution in [1.29, 1.82) is 0 Å². The van der Waals surface area contributed by atoms with Crippen LogP contribution in [0.15, 0.2) is 48.8 Å². The maximum Gasteiger partial charge on any atom is 0.416 e. The van der Waals surface area contributed by atoms with Gasteiger partial charge in [0.25, 0.3) is 0 Å².